The fraction of sp³-hybridized carbons (Fsp3) is 0.100. The highest BCUT2D eigenvalue weighted by Gasteiger charge is 2.20. The van der Waals surface area contributed by atoms with Crippen LogP contribution < -0.4 is 10.5 Å². The molecule has 8 heteroatoms. The molecule has 0 atom stereocenters. The molecular formula is C10H11FN4O2S. The summed E-state index contributed by atoms with van der Waals surface area (Å²) in [5.74, 6) is -0.563. The number of aromatic amines is 1. The van der Waals surface area contributed by atoms with Crippen molar-refractivity contribution < 1.29 is 12.8 Å². The van der Waals surface area contributed by atoms with Crippen molar-refractivity contribution in [3.05, 3.63) is 35.8 Å². The first-order valence-corrected chi connectivity index (χ1v) is 6.47. The van der Waals surface area contributed by atoms with Gasteiger partial charge in [0, 0.05) is 5.56 Å². The van der Waals surface area contributed by atoms with Gasteiger partial charge < -0.3 is 5.73 Å². The topological polar surface area (TPSA) is 101 Å². The minimum atomic E-state index is -3.88. The lowest BCUT2D eigenvalue weighted by Crippen LogP contribution is -2.15. The normalized spacial score (nSPS) is 11.4. The van der Waals surface area contributed by atoms with E-state index in [2.05, 4.69) is 14.9 Å². The molecule has 0 fully saturated rings. The largest absolute Gasteiger partial charge is 0.383 e. The summed E-state index contributed by atoms with van der Waals surface area (Å²) in [6, 6.07) is 4.13. The van der Waals surface area contributed by atoms with E-state index in [0.717, 1.165) is 6.20 Å². The van der Waals surface area contributed by atoms with Crippen molar-refractivity contribution in [2.75, 3.05) is 10.5 Å². The molecule has 0 aliphatic heterocycles. The molecule has 2 rings (SSSR count). The standard InChI is InChI=1S/C10H11FN4O2S/c1-6-7(11)3-2-4-8(6)15-18(16,17)9-5-13-14-10(9)12/h2-5,15H,1H3,(H3,12,13,14). The second-order valence-electron chi connectivity index (χ2n) is 3.67. The van der Waals surface area contributed by atoms with Crippen LogP contribution in [0.15, 0.2) is 29.3 Å². The molecule has 2 aromatic rings. The SMILES string of the molecule is Cc1c(F)cccc1NS(=O)(=O)c1cn[nH]c1N. The molecule has 0 unspecified atom stereocenters. The van der Waals surface area contributed by atoms with Gasteiger partial charge in [-0.1, -0.05) is 6.07 Å². The fourth-order valence-electron chi connectivity index (χ4n) is 1.42. The summed E-state index contributed by atoms with van der Waals surface area (Å²) in [6.45, 7) is 1.48. The van der Waals surface area contributed by atoms with Gasteiger partial charge in [-0.2, -0.15) is 5.10 Å². The van der Waals surface area contributed by atoms with Crippen LogP contribution in [0.3, 0.4) is 0 Å². The summed E-state index contributed by atoms with van der Waals surface area (Å²) >= 11 is 0. The lowest BCUT2D eigenvalue weighted by atomic mass is 10.2. The number of aromatic nitrogens is 2. The number of halogens is 1. The lowest BCUT2D eigenvalue weighted by molar-refractivity contribution is 0.601. The van der Waals surface area contributed by atoms with Gasteiger partial charge in [0.2, 0.25) is 0 Å². The van der Waals surface area contributed by atoms with Crippen LogP contribution in [0.2, 0.25) is 0 Å². The smallest absolute Gasteiger partial charge is 0.267 e. The minimum absolute atomic E-state index is 0.0726. The van der Waals surface area contributed by atoms with Gasteiger partial charge in [0.05, 0.1) is 11.9 Å². The Labute approximate surface area is 103 Å². The van der Waals surface area contributed by atoms with E-state index in [0.29, 0.717) is 0 Å². The van der Waals surface area contributed by atoms with E-state index in [1.807, 2.05) is 0 Å². The maximum Gasteiger partial charge on any atom is 0.267 e. The monoisotopic (exact) mass is 270 g/mol. The number of nitrogens with one attached hydrogen (secondary N) is 2. The van der Waals surface area contributed by atoms with Crippen molar-refractivity contribution in [2.24, 2.45) is 0 Å². The highest BCUT2D eigenvalue weighted by molar-refractivity contribution is 7.92. The van der Waals surface area contributed by atoms with E-state index in [9.17, 15) is 12.8 Å². The zero-order valence-electron chi connectivity index (χ0n) is 9.44. The number of hydrogen-bond donors (Lipinski definition) is 3. The molecular weight excluding hydrogens is 259 g/mol. The molecule has 0 bridgehead atoms. The molecule has 1 aromatic carbocycles. The van der Waals surface area contributed by atoms with Crippen molar-refractivity contribution >= 4 is 21.5 Å². The van der Waals surface area contributed by atoms with Crippen LogP contribution in [0.5, 0.6) is 0 Å². The highest BCUT2D eigenvalue weighted by atomic mass is 32.2. The quantitative estimate of drug-likeness (QED) is 0.781. The summed E-state index contributed by atoms with van der Waals surface area (Å²) in [5, 5.41) is 5.85. The Balaban J connectivity index is 2.40. The van der Waals surface area contributed by atoms with Crippen LogP contribution >= 0.6 is 0 Å². The molecule has 1 heterocycles. The number of sulfonamides is 1. The van der Waals surface area contributed by atoms with Crippen molar-refractivity contribution in [3.8, 4) is 0 Å². The summed E-state index contributed by atoms with van der Waals surface area (Å²) in [5.41, 5.74) is 5.81. The van der Waals surface area contributed by atoms with Gasteiger partial charge in [0.15, 0.2) is 0 Å². The van der Waals surface area contributed by atoms with Gasteiger partial charge in [-0.05, 0) is 19.1 Å². The third-order valence-electron chi connectivity index (χ3n) is 2.43. The minimum Gasteiger partial charge on any atom is -0.383 e. The Kier molecular flexibility index (Phi) is 2.95. The van der Waals surface area contributed by atoms with E-state index >= 15 is 0 Å². The van der Waals surface area contributed by atoms with Gasteiger partial charge in [-0.25, -0.2) is 12.8 Å². The van der Waals surface area contributed by atoms with Crippen LogP contribution in [0.25, 0.3) is 0 Å². The summed E-state index contributed by atoms with van der Waals surface area (Å²) in [4.78, 5) is -0.175. The molecule has 0 amide bonds. The molecule has 4 N–H and O–H groups in total. The van der Waals surface area contributed by atoms with Crippen LogP contribution in [0.4, 0.5) is 15.9 Å². The predicted octanol–water partition coefficient (Wildman–Crippen LogP) is 1.24. The predicted molar refractivity (Wildman–Crippen MR) is 64.9 cm³/mol. The third-order valence-corrected chi connectivity index (χ3v) is 3.83. The highest BCUT2D eigenvalue weighted by Crippen LogP contribution is 2.23. The first-order chi connectivity index (χ1) is 8.42. The van der Waals surface area contributed by atoms with Crippen LogP contribution in [-0.4, -0.2) is 18.6 Å². The number of nitrogens with two attached hydrogens (primary N) is 1. The number of rotatable bonds is 3. The number of anilines is 2. The molecule has 96 valence electrons. The van der Waals surface area contributed by atoms with E-state index in [-0.39, 0.29) is 22.0 Å². The van der Waals surface area contributed by atoms with E-state index in [1.165, 1.54) is 25.1 Å². The Bertz CT molecular complexity index is 681. The van der Waals surface area contributed by atoms with Gasteiger partial charge in [-0.3, -0.25) is 9.82 Å². The summed E-state index contributed by atoms with van der Waals surface area (Å²) < 4.78 is 39.5. The first-order valence-electron chi connectivity index (χ1n) is 4.98. The Morgan fingerprint density at radius 2 is 2.17 bits per heavy atom. The van der Waals surface area contributed by atoms with Crippen LogP contribution in [0.1, 0.15) is 5.56 Å². The molecule has 0 saturated carbocycles. The van der Waals surface area contributed by atoms with E-state index < -0.39 is 15.8 Å². The first kappa shape index (κ1) is 12.4. The number of benzene rings is 1. The van der Waals surface area contributed by atoms with Crippen LogP contribution in [0, 0.1) is 12.7 Å². The second-order valence-corrected chi connectivity index (χ2v) is 5.32. The summed E-state index contributed by atoms with van der Waals surface area (Å²) in [7, 11) is -3.88. The fourth-order valence-corrected chi connectivity index (χ4v) is 2.56. The molecule has 6 nitrogen and oxygen atoms in total. The van der Waals surface area contributed by atoms with Crippen LogP contribution in [-0.2, 0) is 10.0 Å². The van der Waals surface area contributed by atoms with Gasteiger partial charge in [-0.15, -0.1) is 0 Å². The molecule has 18 heavy (non-hydrogen) atoms. The maximum atomic E-state index is 13.3. The zero-order chi connectivity index (χ0) is 13.3. The Morgan fingerprint density at radius 3 is 2.78 bits per heavy atom. The van der Waals surface area contributed by atoms with Gasteiger partial charge >= 0.3 is 0 Å². The van der Waals surface area contributed by atoms with E-state index in [1.54, 1.807) is 0 Å². The molecule has 0 saturated heterocycles. The average molecular weight is 270 g/mol. The van der Waals surface area contributed by atoms with Crippen molar-refractivity contribution in [1.82, 2.24) is 10.2 Å². The zero-order valence-corrected chi connectivity index (χ0v) is 10.3. The van der Waals surface area contributed by atoms with E-state index in [4.69, 9.17) is 5.73 Å². The van der Waals surface area contributed by atoms with Gasteiger partial charge in [0.25, 0.3) is 10.0 Å². The van der Waals surface area contributed by atoms with Crippen molar-refractivity contribution in [2.45, 2.75) is 11.8 Å². The third kappa shape index (κ3) is 2.14. The maximum absolute atomic E-state index is 13.3. The summed E-state index contributed by atoms with van der Waals surface area (Å²) in [6.07, 6.45) is 1.09. The number of nitrogens with zero attached hydrogens (tertiary/aromatic N) is 1. The van der Waals surface area contributed by atoms with Crippen molar-refractivity contribution in [3.63, 3.8) is 0 Å². The second kappa shape index (κ2) is 4.30. The number of H-pyrrole nitrogens is 1. The Morgan fingerprint density at radius 1 is 1.44 bits per heavy atom. The average Bonchev–Trinajstić information content (AvgIpc) is 2.72. The lowest BCUT2D eigenvalue weighted by Gasteiger charge is -2.09. The van der Waals surface area contributed by atoms with Gasteiger partial charge in [0.1, 0.15) is 16.5 Å². The molecule has 1 aromatic heterocycles. The number of hydrogen-bond acceptors (Lipinski definition) is 4. The Hall–Kier alpha value is -2.09. The molecule has 0 aliphatic rings. The molecule has 0 aliphatic carbocycles. The number of nitrogen functional groups attached to an aromatic ring is 1. The van der Waals surface area contributed by atoms with Crippen molar-refractivity contribution in [1.29, 1.82) is 0 Å². The molecule has 0 radical (unpaired) electrons. The molecule has 0 spiro atoms.